The molecule has 0 saturated heterocycles. The average molecular weight is 599 g/mol. The minimum Gasteiger partial charge on any atom is -0.480 e. The molecule has 0 aromatic heterocycles. The molecular weight excluding hydrogens is 587 g/mol. The molecule has 0 bridgehead atoms. The van der Waals surface area contributed by atoms with Crippen LogP contribution in [0.3, 0.4) is 0 Å². The number of carboxylic acids is 1. The Morgan fingerprint density at radius 2 is 1.95 bits per heavy atom. The Morgan fingerprint density at radius 1 is 1.32 bits per heavy atom. The quantitative estimate of drug-likeness (QED) is 0.403. The van der Waals surface area contributed by atoms with Crippen molar-refractivity contribution >= 4 is 79.6 Å². The van der Waals surface area contributed by atoms with Crippen LogP contribution in [0.2, 0.25) is 0 Å². The predicted molar refractivity (Wildman–Crippen MR) is 98.4 cm³/mol. The van der Waals surface area contributed by atoms with Crippen molar-refractivity contribution in [2.75, 3.05) is 0 Å². The van der Waals surface area contributed by atoms with Gasteiger partial charge in [-0.15, -0.1) is 0 Å². The Labute approximate surface area is 152 Å². The molecule has 0 spiro atoms. The highest BCUT2D eigenvalue weighted by molar-refractivity contribution is 14.1. The molecule has 0 saturated carbocycles. The highest BCUT2D eigenvalue weighted by Gasteiger charge is 2.21. The molecule has 19 heavy (non-hydrogen) atoms. The SMILES string of the molecule is CCCC(NC(=O)c1cc(I)cc(I)c1I)C(=O)O. The van der Waals surface area contributed by atoms with Gasteiger partial charge in [0.25, 0.3) is 5.91 Å². The van der Waals surface area contributed by atoms with E-state index >= 15 is 0 Å². The molecule has 1 unspecified atom stereocenters. The van der Waals surface area contributed by atoms with Crippen molar-refractivity contribution < 1.29 is 14.7 Å². The second-order valence-electron chi connectivity index (χ2n) is 3.90. The molecule has 0 aliphatic heterocycles. The molecule has 7 heteroatoms. The van der Waals surface area contributed by atoms with Crippen LogP contribution in [0.25, 0.3) is 0 Å². The van der Waals surface area contributed by atoms with E-state index < -0.39 is 12.0 Å². The van der Waals surface area contributed by atoms with E-state index in [1.807, 2.05) is 13.0 Å². The summed E-state index contributed by atoms with van der Waals surface area (Å²) in [7, 11) is 0. The van der Waals surface area contributed by atoms with Gasteiger partial charge in [-0.1, -0.05) is 13.3 Å². The molecule has 1 amide bonds. The number of amides is 1. The van der Waals surface area contributed by atoms with E-state index in [1.165, 1.54) is 0 Å². The highest BCUT2D eigenvalue weighted by atomic mass is 127. The lowest BCUT2D eigenvalue weighted by Gasteiger charge is -2.15. The smallest absolute Gasteiger partial charge is 0.326 e. The fourth-order valence-corrected chi connectivity index (χ4v) is 3.90. The molecule has 4 nitrogen and oxygen atoms in total. The van der Waals surface area contributed by atoms with Crippen LogP contribution >= 0.6 is 67.8 Å². The van der Waals surface area contributed by atoms with Crippen molar-refractivity contribution in [3.05, 3.63) is 28.4 Å². The van der Waals surface area contributed by atoms with Gasteiger partial charge in [-0.25, -0.2) is 4.79 Å². The normalized spacial score (nSPS) is 12.0. The Hall–Kier alpha value is 0.350. The summed E-state index contributed by atoms with van der Waals surface area (Å²) in [5, 5.41) is 11.6. The maximum atomic E-state index is 12.2. The number of carbonyl (C=O) groups is 2. The highest BCUT2D eigenvalue weighted by Crippen LogP contribution is 2.23. The third kappa shape index (κ3) is 4.99. The first-order valence-electron chi connectivity index (χ1n) is 5.55. The van der Waals surface area contributed by atoms with Crippen molar-refractivity contribution in [1.82, 2.24) is 5.32 Å². The van der Waals surface area contributed by atoms with Crippen molar-refractivity contribution in [3.63, 3.8) is 0 Å². The second kappa shape index (κ2) is 7.96. The van der Waals surface area contributed by atoms with Crippen LogP contribution < -0.4 is 5.32 Å². The zero-order valence-corrected chi connectivity index (χ0v) is 16.5. The summed E-state index contributed by atoms with van der Waals surface area (Å²) in [6, 6.07) is 2.91. The topological polar surface area (TPSA) is 66.4 Å². The number of halogens is 3. The van der Waals surface area contributed by atoms with E-state index in [0.29, 0.717) is 18.4 Å². The first-order valence-corrected chi connectivity index (χ1v) is 8.78. The van der Waals surface area contributed by atoms with Gasteiger partial charge in [-0.2, -0.15) is 0 Å². The Morgan fingerprint density at radius 3 is 2.47 bits per heavy atom. The van der Waals surface area contributed by atoms with Gasteiger partial charge in [-0.3, -0.25) is 4.79 Å². The van der Waals surface area contributed by atoms with Crippen molar-refractivity contribution in [2.24, 2.45) is 0 Å². The third-order valence-electron chi connectivity index (χ3n) is 2.42. The van der Waals surface area contributed by atoms with Gasteiger partial charge in [0.2, 0.25) is 0 Å². The molecule has 0 fully saturated rings. The summed E-state index contributed by atoms with van der Waals surface area (Å²) in [5.41, 5.74) is 0.527. The summed E-state index contributed by atoms with van der Waals surface area (Å²) >= 11 is 6.41. The summed E-state index contributed by atoms with van der Waals surface area (Å²) in [6.07, 6.45) is 1.14. The van der Waals surface area contributed by atoms with Crippen LogP contribution in [0.15, 0.2) is 12.1 Å². The molecular formula is C12H12I3NO3. The summed E-state index contributed by atoms with van der Waals surface area (Å²) in [4.78, 5) is 23.2. The van der Waals surface area contributed by atoms with Crippen molar-refractivity contribution in [2.45, 2.75) is 25.8 Å². The first kappa shape index (κ1) is 17.4. The average Bonchev–Trinajstić information content (AvgIpc) is 2.32. The van der Waals surface area contributed by atoms with E-state index in [-0.39, 0.29) is 5.91 Å². The molecule has 0 radical (unpaired) electrons. The minimum atomic E-state index is -0.995. The van der Waals surface area contributed by atoms with Crippen LogP contribution in [0, 0.1) is 10.7 Å². The molecule has 2 N–H and O–H groups in total. The van der Waals surface area contributed by atoms with Crippen LogP contribution in [0.1, 0.15) is 30.1 Å². The maximum Gasteiger partial charge on any atom is 0.326 e. The number of hydrogen-bond donors (Lipinski definition) is 2. The number of carbonyl (C=O) groups excluding carboxylic acids is 1. The van der Waals surface area contributed by atoms with Crippen LogP contribution in [0.5, 0.6) is 0 Å². The number of carboxylic acid groups (broad SMARTS) is 1. The zero-order chi connectivity index (χ0) is 14.6. The van der Waals surface area contributed by atoms with Gasteiger partial charge in [0.05, 0.1) is 5.56 Å². The Balaban J connectivity index is 2.97. The molecule has 104 valence electrons. The van der Waals surface area contributed by atoms with E-state index in [0.717, 1.165) is 10.7 Å². The van der Waals surface area contributed by atoms with Crippen LogP contribution in [0.4, 0.5) is 0 Å². The number of nitrogens with one attached hydrogen (secondary N) is 1. The lowest BCUT2D eigenvalue weighted by atomic mass is 10.1. The summed E-state index contributed by atoms with van der Waals surface area (Å²) in [6.45, 7) is 1.89. The maximum absolute atomic E-state index is 12.2. The van der Waals surface area contributed by atoms with Crippen molar-refractivity contribution in [1.29, 1.82) is 0 Å². The number of rotatable bonds is 5. The van der Waals surface area contributed by atoms with Gasteiger partial charge in [-0.05, 0) is 86.3 Å². The first-order chi connectivity index (χ1) is 8.86. The Bertz CT molecular complexity index is 505. The van der Waals surface area contributed by atoms with Gasteiger partial charge in [0, 0.05) is 10.7 Å². The van der Waals surface area contributed by atoms with Gasteiger partial charge in [0.1, 0.15) is 6.04 Å². The molecule has 1 aromatic carbocycles. The predicted octanol–water partition coefficient (Wildman–Crippen LogP) is 3.48. The van der Waals surface area contributed by atoms with E-state index in [4.69, 9.17) is 5.11 Å². The number of hydrogen-bond acceptors (Lipinski definition) is 2. The number of benzene rings is 1. The van der Waals surface area contributed by atoms with Crippen LogP contribution in [-0.2, 0) is 4.79 Å². The zero-order valence-electron chi connectivity index (χ0n) is 10.0. The number of aliphatic carboxylic acids is 1. The Kier molecular flexibility index (Phi) is 7.29. The lowest BCUT2D eigenvalue weighted by Crippen LogP contribution is -2.41. The molecule has 0 heterocycles. The molecule has 1 aromatic rings. The summed E-state index contributed by atoms with van der Waals surface area (Å²) < 4.78 is 2.78. The van der Waals surface area contributed by atoms with E-state index in [1.54, 1.807) is 6.07 Å². The second-order valence-corrected chi connectivity index (χ2v) is 7.39. The standard InChI is InChI=1S/C12H12I3NO3/c1-2-3-9(12(18)19)16-11(17)7-4-6(13)5-8(14)10(7)15/h4-5,9H,2-3H2,1H3,(H,16,17)(H,18,19). The molecule has 0 aliphatic carbocycles. The fraction of sp³-hybridized carbons (Fsp3) is 0.333. The van der Waals surface area contributed by atoms with E-state index in [2.05, 4.69) is 73.1 Å². The lowest BCUT2D eigenvalue weighted by molar-refractivity contribution is -0.139. The van der Waals surface area contributed by atoms with E-state index in [9.17, 15) is 9.59 Å². The molecule has 0 aliphatic rings. The van der Waals surface area contributed by atoms with Crippen LogP contribution in [-0.4, -0.2) is 23.0 Å². The largest absolute Gasteiger partial charge is 0.480 e. The van der Waals surface area contributed by atoms with Gasteiger partial charge in [0.15, 0.2) is 0 Å². The van der Waals surface area contributed by atoms with Gasteiger partial charge >= 0.3 is 5.97 Å². The minimum absolute atomic E-state index is 0.332. The summed E-state index contributed by atoms with van der Waals surface area (Å²) in [5.74, 6) is -1.33. The third-order valence-corrected chi connectivity index (χ3v) is 6.09. The van der Waals surface area contributed by atoms with Crippen molar-refractivity contribution in [3.8, 4) is 0 Å². The van der Waals surface area contributed by atoms with Gasteiger partial charge < -0.3 is 10.4 Å². The molecule has 1 atom stereocenters. The fourth-order valence-electron chi connectivity index (χ4n) is 1.50. The molecule has 1 rings (SSSR count). The monoisotopic (exact) mass is 599 g/mol.